The van der Waals surface area contributed by atoms with Crippen molar-refractivity contribution < 1.29 is 5.03 Å². The molecule has 0 amide bonds. The molecule has 0 atom stereocenters. The molecule has 19 heavy (non-hydrogen) atoms. The van der Waals surface area contributed by atoms with Crippen LogP contribution in [0, 0.1) is 10.1 Å². The van der Waals surface area contributed by atoms with Gasteiger partial charge in [-0.1, -0.05) is 39.8 Å². The molecule has 98 valence electrons. The van der Waals surface area contributed by atoms with Gasteiger partial charge >= 0.3 is 0 Å². The number of hydrogen-bond donors (Lipinski definition) is 0. The molecule has 0 radical (unpaired) electrons. The second-order valence-electron chi connectivity index (χ2n) is 3.47. The number of nitrogens with zero attached hydrogens (tertiary/aromatic N) is 2. The first-order valence-electron chi connectivity index (χ1n) is 5.26. The average Bonchev–Trinajstić information content (AvgIpc) is 2.46. The van der Waals surface area contributed by atoms with E-state index in [0.717, 1.165) is 9.79 Å². The molecule has 0 N–H and O–H groups in total. The zero-order valence-electron chi connectivity index (χ0n) is 9.60. The first-order chi connectivity index (χ1) is 9.16. The van der Waals surface area contributed by atoms with Crippen LogP contribution in [0.2, 0.25) is 0 Å². The summed E-state index contributed by atoms with van der Waals surface area (Å²) >= 11 is 5.49. The number of rotatable bonds is 5. The normalized spacial score (nSPS) is 10.2. The number of hydrogen-bond acceptors (Lipinski definition) is 4. The molecule has 0 bridgehead atoms. The van der Waals surface area contributed by atoms with Gasteiger partial charge in [-0.05, 0) is 36.4 Å². The zero-order valence-corrected chi connectivity index (χ0v) is 12.0. The predicted octanol–water partition coefficient (Wildman–Crippen LogP) is 4.64. The summed E-state index contributed by atoms with van der Waals surface area (Å²) in [7, 11) is 3.22. The summed E-state index contributed by atoms with van der Waals surface area (Å²) in [5, 5.41) is 9.81. The van der Waals surface area contributed by atoms with E-state index in [1.807, 2.05) is 30.3 Å². The average molecular weight is 313 g/mol. The van der Waals surface area contributed by atoms with Crippen molar-refractivity contribution in [2.45, 2.75) is 9.79 Å². The second-order valence-corrected chi connectivity index (χ2v) is 6.07. The summed E-state index contributed by atoms with van der Waals surface area (Å²) in [4.78, 5) is 12.6. The highest BCUT2D eigenvalue weighted by Gasteiger charge is 2.13. The molecule has 0 heterocycles. The van der Waals surface area contributed by atoms with Crippen LogP contribution in [0.4, 0.5) is 5.69 Å². The standard InChI is InChI=1S/C12H9ClN2O2S2/c13-14(15(16)17)10-6-8-12(9-7-10)19-18-11-4-2-1-3-5-11/h1-9H. The zero-order chi connectivity index (χ0) is 13.7. The molecule has 0 spiro atoms. The molecule has 0 saturated carbocycles. The summed E-state index contributed by atoms with van der Waals surface area (Å²) < 4.78 is 0.471. The highest BCUT2D eigenvalue weighted by atomic mass is 35.5. The van der Waals surface area contributed by atoms with Crippen molar-refractivity contribution in [1.82, 2.24) is 0 Å². The van der Waals surface area contributed by atoms with Crippen LogP contribution in [0.5, 0.6) is 0 Å². The lowest BCUT2D eigenvalue weighted by Gasteiger charge is -2.05. The molecule has 2 rings (SSSR count). The smallest absolute Gasteiger partial charge is 0.181 e. The highest BCUT2D eigenvalue weighted by molar-refractivity contribution is 8.76. The summed E-state index contributed by atoms with van der Waals surface area (Å²) in [5.74, 6) is 0. The van der Waals surface area contributed by atoms with Crippen molar-refractivity contribution in [2.75, 3.05) is 4.53 Å². The molecule has 0 fully saturated rings. The van der Waals surface area contributed by atoms with Crippen LogP contribution in [-0.2, 0) is 0 Å². The molecule has 0 saturated heterocycles. The van der Waals surface area contributed by atoms with Gasteiger partial charge in [0, 0.05) is 14.3 Å². The van der Waals surface area contributed by atoms with Crippen molar-refractivity contribution in [3.05, 3.63) is 64.7 Å². The highest BCUT2D eigenvalue weighted by Crippen LogP contribution is 2.37. The minimum atomic E-state index is -0.678. The SMILES string of the molecule is O=[N+]([O-])N(Cl)c1ccc(SSc2ccccc2)cc1. The van der Waals surface area contributed by atoms with Crippen molar-refractivity contribution in [1.29, 1.82) is 0 Å². The third-order valence-electron chi connectivity index (χ3n) is 2.17. The van der Waals surface area contributed by atoms with Gasteiger partial charge in [0.25, 0.3) is 0 Å². The van der Waals surface area contributed by atoms with E-state index in [2.05, 4.69) is 0 Å². The Morgan fingerprint density at radius 2 is 1.47 bits per heavy atom. The Bertz CT molecular complexity index is 551. The lowest BCUT2D eigenvalue weighted by atomic mass is 10.3. The fourth-order valence-corrected chi connectivity index (χ4v) is 3.36. The fraction of sp³-hybridized carbons (Fsp3) is 0. The van der Waals surface area contributed by atoms with Gasteiger partial charge < -0.3 is 0 Å². The van der Waals surface area contributed by atoms with E-state index in [-0.39, 0.29) is 0 Å². The molecule has 0 unspecified atom stereocenters. The molecule has 7 heteroatoms. The van der Waals surface area contributed by atoms with Gasteiger partial charge in [0.2, 0.25) is 0 Å². The molecule has 0 aliphatic rings. The molecule has 0 aromatic heterocycles. The monoisotopic (exact) mass is 312 g/mol. The largest absolute Gasteiger partial charge is 0.233 e. The first kappa shape index (κ1) is 14.0. The van der Waals surface area contributed by atoms with E-state index in [1.165, 1.54) is 0 Å². The lowest BCUT2D eigenvalue weighted by Crippen LogP contribution is -2.17. The van der Waals surface area contributed by atoms with Gasteiger partial charge in [-0.2, -0.15) is 0 Å². The van der Waals surface area contributed by atoms with Crippen LogP contribution in [0.15, 0.2) is 64.4 Å². The van der Waals surface area contributed by atoms with Gasteiger partial charge in [-0.3, -0.25) is 0 Å². The van der Waals surface area contributed by atoms with E-state index in [9.17, 15) is 10.1 Å². The van der Waals surface area contributed by atoms with Gasteiger partial charge in [0.1, 0.15) is 5.69 Å². The summed E-state index contributed by atoms with van der Waals surface area (Å²) in [6, 6.07) is 16.8. The van der Waals surface area contributed by atoms with Crippen LogP contribution < -0.4 is 4.53 Å². The van der Waals surface area contributed by atoms with E-state index < -0.39 is 5.03 Å². The van der Waals surface area contributed by atoms with Crippen molar-refractivity contribution in [3.8, 4) is 0 Å². The molecular weight excluding hydrogens is 304 g/mol. The van der Waals surface area contributed by atoms with Crippen LogP contribution >= 0.6 is 33.4 Å². The Morgan fingerprint density at radius 3 is 2.00 bits per heavy atom. The molecule has 0 aliphatic carbocycles. The predicted molar refractivity (Wildman–Crippen MR) is 79.9 cm³/mol. The summed E-state index contributed by atoms with van der Waals surface area (Å²) in [6.07, 6.45) is 0. The molecular formula is C12H9ClN2O2S2. The van der Waals surface area contributed by atoms with E-state index >= 15 is 0 Å². The number of benzene rings is 2. The maximum Gasteiger partial charge on any atom is 0.181 e. The number of halogens is 1. The number of nitro groups is 1. The minimum Gasteiger partial charge on any atom is -0.233 e. The van der Waals surface area contributed by atoms with E-state index in [0.29, 0.717) is 10.2 Å². The molecule has 0 aliphatic heterocycles. The number of anilines is 1. The Kier molecular flexibility index (Phi) is 4.95. The Morgan fingerprint density at radius 1 is 0.947 bits per heavy atom. The lowest BCUT2D eigenvalue weighted by molar-refractivity contribution is -0.475. The Balaban J connectivity index is 1.97. The van der Waals surface area contributed by atoms with E-state index in [1.54, 1.807) is 45.9 Å². The summed E-state index contributed by atoms with van der Waals surface area (Å²) in [6.45, 7) is 0. The van der Waals surface area contributed by atoms with Crippen LogP contribution in [0.25, 0.3) is 0 Å². The van der Waals surface area contributed by atoms with Crippen LogP contribution in [-0.4, -0.2) is 5.03 Å². The van der Waals surface area contributed by atoms with E-state index in [4.69, 9.17) is 11.8 Å². The Labute approximate surface area is 123 Å². The second kappa shape index (κ2) is 6.70. The molecule has 2 aromatic carbocycles. The van der Waals surface area contributed by atoms with Crippen LogP contribution in [0.1, 0.15) is 0 Å². The van der Waals surface area contributed by atoms with Gasteiger partial charge in [-0.25, -0.2) is 10.1 Å². The first-order valence-corrected chi connectivity index (χ1v) is 7.75. The van der Waals surface area contributed by atoms with Crippen molar-refractivity contribution >= 4 is 39.1 Å². The maximum atomic E-state index is 10.5. The van der Waals surface area contributed by atoms with Gasteiger partial charge in [0.05, 0.1) is 11.8 Å². The quantitative estimate of drug-likeness (QED) is 0.348. The van der Waals surface area contributed by atoms with Crippen LogP contribution in [0.3, 0.4) is 0 Å². The maximum absolute atomic E-state index is 10.5. The van der Waals surface area contributed by atoms with Gasteiger partial charge in [0.15, 0.2) is 5.03 Å². The third-order valence-corrected chi connectivity index (χ3v) is 4.91. The Hall–Kier alpha value is -1.37. The third kappa shape index (κ3) is 4.05. The number of hydrazine groups is 1. The van der Waals surface area contributed by atoms with Crippen molar-refractivity contribution in [3.63, 3.8) is 0 Å². The fourth-order valence-electron chi connectivity index (χ4n) is 1.29. The van der Waals surface area contributed by atoms with Gasteiger partial charge in [-0.15, -0.1) is 0 Å². The summed E-state index contributed by atoms with van der Waals surface area (Å²) in [5.41, 5.74) is 0.334. The minimum absolute atomic E-state index is 0.334. The topological polar surface area (TPSA) is 46.4 Å². The molecule has 2 aromatic rings. The molecule has 4 nitrogen and oxygen atoms in total. The van der Waals surface area contributed by atoms with Crippen molar-refractivity contribution in [2.24, 2.45) is 0 Å².